The van der Waals surface area contributed by atoms with Gasteiger partial charge in [-0.1, -0.05) is 29.8 Å². The molecule has 0 radical (unpaired) electrons. The molecule has 2 heterocycles. The molecule has 6 rings (SSSR count). The molecule has 0 spiro atoms. The lowest BCUT2D eigenvalue weighted by Gasteiger charge is -2.20. The van der Waals surface area contributed by atoms with Crippen molar-refractivity contribution in [3.05, 3.63) is 69.9 Å². The minimum absolute atomic E-state index is 0.105. The van der Waals surface area contributed by atoms with Crippen LogP contribution < -0.4 is 16.0 Å². The largest absolute Gasteiger partial charge is 0.443 e. The topological polar surface area (TPSA) is 88.2 Å². The number of amides is 1. The summed E-state index contributed by atoms with van der Waals surface area (Å²) >= 11 is 6.41. The number of benzene rings is 2. The molecule has 32 heavy (non-hydrogen) atoms. The number of hydrogen-bond acceptors (Lipinski definition) is 6. The van der Waals surface area contributed by atoms with Gasteiger partial charge in [0.15, 0.2) is 5.82 Å². The van der Waals surface area contributed by atoms with E-state index in [1.165, 1.54) is 29.5 Å². The van der Waals surface area contributed by atoms with Crippen LogP contribution >= 0.6 is 11.6 Å². The monoisotopic (exact) mass is 447 g/mol. The number of rotatable bonds is 4. The average Bonchev–Trinajstić information content (AvgIpc) is 3.32. The van der Waals surface area contributed by atoms with Crippen LogP contribution in [0.2, 0.25) is 5.02 Å². The summed E-state index contributed by atoms with van der Waals surface area (Å²) in [4.78, 5) is 20.5. The van der Waals surface area contributed by atoms with Gasteiger partial charge in [0.25, 0.3) is 0 Å². The van der Waals surface area contributed by atoms with Crippen molar-refractivity contribution in [3.63, 3.8) is 0 Å². The van der Waals surface area contributed by atoms with Crippen molar-refractivity contribution < 1.29 is 9.53 Å². The predicted octanol–water partition coefficient (Wildman–Crippen LogP) is 5.20. The summed E-state index contributed by atoms with van der Waals surface area (Å²) in [6.45, 7) is 0. The van der Waals surface area contributed by atoms with Crippen molar-refractivity contribution in [3.8, 4) is 0 Å². The van der Waals surface area contributed by atoms with E-state index in [-0.39, 0.29) is 18.2 Å². The molecular formula is C24H22ClN5O2. The van der Waals surface area contributed by atoms with Crippen LogP contribution in [0.15, 0.2) is 42.6 Å². The summed E-state index contributed by atoms with van der Waals surface area (Å²) in [6, 6.07) is 12.3. The highest BCUT2D eigenvalue weighted by Gasteiger charge is 2.41. The number of fused-ring (bicyclic) bond motifs is 4. The molecule has 0 saturated carbocycles. The van der Waals surface area contributed by atoms with Crippen LogP contribution in [0.4, 0.5) is 27.9 Å². The van der Waals surface area contributed by atoms with E-state index < -0.39 is 0 Å². The summed E-state index contributed by atoms with van der Waals surface area (Å²) < 4.78 is 5.33. The van der Waals surface area contributed by atoms with Gasteiger partial charge in [0.2, 0.25) is 5.95 Å². The second kappa shape index (κ2) is 7.67. The summed E-state index contributed by atoms with van der Waals surface area (Å²) in [6.07, 6.45) is 6.44. The van der Waals surface area contributed by atoms with E-state index in [9.17, 15) is 4.79 Å². The normalized spacial score (nSPS) is 20.6. The number of hydrogen-bond donors (Lipinski definition) is 3. The van der Waals surface area contributed by atoms with Crippen LogP contribution in [0.5, 0.6) is 0 Å². The Morgan fingerprint density at radius 3 is 2.94 bits per heavy atom. The highest BCUT2D eigenvalue weighted by Crippen LogP contribution is 2.38. The maximum Gasteiger partial charge on any atom is 0.408 e. The van der Waals surface area contributed by atoms with E-state index in [1.54, 1.807) is 6.20 Å². The Kier molecular flexibility index (Phi) is 4.64. The Balaban J connectivity index is 1.25. The number of carbonyl (C=O) groups is 1. The number of nitrogens with zero attached hydrogens (tertiary/aromatic N) is 2. The Morgan fingerprint density at radius 2 is 2.00 bits per heavy atom. The number of ether oxygens (including phenoxy) is 1. The molecule has 8 heteroatoms. The fourth-order valence-electron chi connectivity index (χ4n) is 4.93. The van der Waals surface area contributed by atoms with Crippen LogP contribution in [-0.4, -0.2) is 22.2 Å². The van der Waals surface area contributed by atoms with Crippen molar-refractivity contribution in [1.82, 2.24) is 15.3 Å². The second-order valence-corrected chi connectivity index (χ2v) is 8.88. The zero-order chi connectivity index (χ0) is 21.7. The summed E-state index contributed by atoms with van der Waals surface area (Å²) in [5.74, 6) is 1.02. The van der Waals surface area contributed by atoms with Gasteiger partial charge in [0.05, 0.1) is 12.2 Å². The van der Waals surface area contributed by atoms with E-state index in [1.807, 2.05) is 12.1 Å². The second-order valence-electron chi connectivity index (χ2n) is 8.47. The number of aromatic nitrogens is 2. The van der Waals surface area contributed by atoms with Crippen molar-refractivity contribution in [2.24, 2.45) is 0 Å². The predicted molar refractivity (Wildman–Crippen MR) is 123 cm³/mol. The summed E-state index contributed by atoms with van der Waals surface area (Å²) in [5, 5.41) is 10.0. The Hall–Kier alpha value is -3.32. The molecule has 162 valence electrons. The van der Waals surface area contributed by atoms with Gasteiger partial charge in [-0.05, 0) is 66.1 Å². The minimum atomic E-state index is -0.358. The molecule has 7 nitrogen and oxygen atoms in total. The summed E-state index contributed by atoms with van der Waals surface area (Å²) in [7, 11) is 0. The van der Waals surface area contributed by atoms with Crippen molar-refractivity contribution in [1.29, 1.82) is 0 Å². The van der Waals surface area contributed by atoms with Crippen LogP contribution in [0, 0.1) is 0 Å². The SMILES string of the molecule is O=C1N[C@@H]2c3cc(Nc4ncc(Cl)c(Nc5cccc6c5CCCC6)n4)ccc3C[C@@H]2O1. The zero-order valence-electron chi connectivity index (χ0n) is 17.3. The van der Waals surface area contributed by atoms with E-state index in [0.29, 0.717) is 16.8 Å². The third-order valence-electron chi connectivity index (χ3n) is 6.45. The van der Waals surface area contributed by atoms with Gasteiger partial charge in [-0.3, -0.25) is 0 Å². The van der Waals surface area contributed by atoms with E-state index >= 15 is 0 Å². The van der Waals surface area contributed by atoms with Gasteiger partial charge >= 0.3 is 6.09 Å². The first kappa shape index (κ1) is 19.4. The lowest BCUT2D eigenvalue weighted by atomic mass is 9.90. The molecule has 0 unspecified atom stereocenters. The molecule has 1 aliphatic heterocycles. The number of anilines is 4. The third-order valence-corrected chi connectivity index (χ3v) is 6.73. The quantitative estimate of drug-likeness (QED) is 0.509. The molecule has 1 aromatic heterocycles. The summed E-state index contributed by atoms with van der Waals surface area (Å²) in [5.41, 5.74) is 6.87. The third kappa shape index (κ3) is 3.42. The fraction of sp³-hybridized carbons (Fsp3) is 0.292. The Bertz CT molecular complexity index is 1230. The molecule has 0 bridgehead atoms. The molecule has 1 fully saturated rings. The zero-order valence-corrected chi connectivity index (χ0v) is 18.1. The van der Waals surface area contributed by atoms with Crippen molar-refractivity contribution in [2.75, 3.05) is 10.6 Å². The van der Waals surface area contributed by atoms with E-state index in [0.717, 1.165) is 36.2 Å². The number of aryl methyl sites for hydroxylation is 1. The van der Waals surface area contributed by atoms with Gasteiger partial charge < -0.3 is 20.7 Å². The molecule has 2 aromatic carbocycles. The maximum atomic E-state index is 11.6. The maximum absolute atomic E-state index is 11.6. The molecule has 1 saturated heterocycles. The molecule has 3 aromatic rings. The molecule has 1 amide bonds. The van der Waals surface area contributed by atoms with E-state index in [4.69, 9.17) is 16.3 Å². The number of alkyl carbamates (subject to hydrolysis) is 1. The van der Waals surface area contributed by atoms with Gasteiger partial charge in [0, 0.05) is 17.8 Å². The molecule has 2 aliphatic carbocycles. The van der Waals surface area contributed by atoms with Gasteiger partial charge in [0.1, 0.15) is 11.1 Å². The van der Waals surface area contributed by atoms with Crippen molar-refractivity contribution in [2.45, 2.75) is 44.2 Å². The van der Waals surface area contributed by atoms with Gasteiger partial charge in [-0.15, -0.1) is 0 Å². The van der Waals surface area contributed by atoms with Crippen LogP contribution in [0.25, 0.3) is 0 Å². The minimum Gasteiger partial charge on any atom is -0.443 e. The average molecular weight is 448 g/mol. The first-order chi connectivity index (χ1) is 15.6. The highest BCUT2D eigenvalue weighted by molar-refractivity contribution is 6.32. The molecular weight excluding hydrogens is 426 g/mol. The lowest BCUT2D eigenvalue weighted by molar-refractivity contribution is 0.136. The van der Waals surface area contributed by atoms with Gasteiger partial charge in [-0.2, -0.15) is 4.98 Å². The first-order valence-electron chi connectivity index (χ1n) is 10.9. The van der Waals surface area contributed by atoms with E-state index in [2.05, 4.69) is 50.2 Å². The number of halogens is 1. The first-order valence-corrected chi connectivity index (χ1v) is 11.3. The highest BCUT2D eigenvalue weighted by atomic mass is 35.5. The Morgan fingerprint density at radius 1 is 1.09 bits per heavy atom. The smallest absolute Gasteiger partial charge is 0.408 e. The standard InChI is InChI=1S/C24H22ClN5O2/c25-18-12-26-23(30-22(18)28-19-7-3-5-13-4-1-2-6-16(13)19)27-15-9-8-14-10-20-21(17(14)11-15)29-24(31)32-20/h3,5,7-9,11-12,20-21H,1-2,4,6,10H2,(H,29,31)(H2,26,27,28,30)/t20-,21+/m0/s1. The van der Waals surface area contributed by atoms with Crippen molar-refractivity contribution >= 4 is 40.8 Å². The fourth-order valence-corrected chi connectivity index (χ4v) is 5.07. The van der Waals surface area contributed by atoms with Crippen LogP contribution in [-0.2, 0) is 24.0 Å². The Labute approximate surface area is 190 Å². The number of carbonyl (C=O) groups excluding carboxylic acids is 1. The van der Waals surface area contributed by atoms with Crippen LogP contribution in [0.1, 0.15) is 41.1 Å². The number of nitrogens with one attached hydrogen (secondary N) is 3. The molecule has 2 atom stereocenters. The lowest BCUT2D eigenvalue weighted by Crippen LogP contribution is -2.18. The molecule has 3 N–H and O–H groups in total. The van der Waals surface area contributed by atoms with Crippen LogP contribution in [0.3, 0.4) is 0 Å². The van der Waals surface area contributed by atoms with Gasteiger partial charge in [-0.25, -0.2) is 9.78 Å². The molecule has 3 aliphatic rings.